The number of carbonyl (C=O) groups excluding carboxylic acids is 1. The molecule has 2 heterocycles. The van der Waals surface area contributed by atoms with E-state index in [2.05, 4.69) is 5.32 Å². The Labute approximate surface area is 164 Å². The van der Waals surface area contributed by atoms with E-state index in [4.69, 9.17) is 14.9 Å². The van der Waals surface area contributed by atoms with Crippen LogP contribution < -0.4 is 19.7 Å². The second-order valence-corrected chi connectivity index (χ2v) is 6.89. The largest absolute Gasteiger partial charge is 0.497 e. The summed E-state index contributed by atoms with van der Waals surface area (Å²) in [6.07, 6.45) is 1.23. The summed E-state index contributed by atoms with van der Waals surface area (Å²) in [4.78, 5) is 15.0. The number of methoxy groups -OCH3 is 2. The standard InChI is InChI=1S/C22H23N3O3/c1-4-19-21(26)20(18-9-13-7-5-6-8-17(13)24-18)22(23)25(19)14-10-15(27-2)12-16(11-14)28-3/h5-8,10-12,19,23-24H,4,9H2,1-3H3/t19-/m1/s1. The summed E-state index contributed by atoms with van der Waals surface area (Å²) < 4.78 is 10.7. The maximum atomic E-state index is 13.2. The van der Waals surface area contributed by atoms with E-state index in [1.54, 1.807) is 25.2 Å². The van der Waals surface area contributed by atoms with Crippen molar-refractivity contribution < 1.29 is 14.3 Å². The normalized spacial score (nSPS) is 21.0. The van der Waals surface area contributed by atoms with Gasteiger partial charge in [0.2, 0.25) is 0 Å². The van der Waals surface area contributed by atoms with Gasteiger partial charge in [-0.25, -0.2) is 0 Å². The molecule has 0 saturated carbocycles. The number of allylic oxidation sites excluding steroid dienone is 1. The molecule has 6 nitrogen and oxygen atoms in total. The highest BCUT2D eigenvalue weighted by Gasteiger charge is 2.43. The summed E-state index contributed by atoms with van der Waals surface area (Å²) >= 11 is 0. The van der Waals surface area contributed by atoms with Crippen molar-refractivity contribution in [3.63, 3.8) is 0 Å². The third kappa shape index (κ3) is 2.81. The Morgan fingerprint density at radius 2 is 1.82 bits per heavy atom. The maximum absolute atomic E-state index is 13.2. The van der Waals surface area contributed by atoms with Gasteiger partial charge in [0.1, 0.15) is 17.3 Å². The predicted octanol–water partition coefficient (Wildman–Crippen LogP) is 3.77. The highest BCUT2D eigenvalue weighted by molar-refractivity contribution is 6.35. The molecule has 0 bridgehead atoms. The predicted molar refractivity (Wildman–Crippen MR) is 110 cm³/mol. The highest BCUT2D eigenvalue weighted by atomic mass is 16.5. The molecule has 2 aliphatic rings. The van der Waals surface area contributed by atoms with Crippen LogP contribution in [0, 0.1) is 5.41 Å². The number of carbonyl (C=O) groups is 1. The lowest BCUT2D eigenvalue weighted by molar-refractivity contribution is -0.115. The summed E-state index contributed by atoms with van der Waals surface area (Å²) in [7, 11) is 3.17. The Hall–Kier alpha value is -3.28. The van der Waals surface area contributed by atoms with Crippen LogP contribution in [0.5, 0.6) is 11.5 Å². The van der Waals surface area contributed by atoms with E-state index in [0.29, 0.717) is 35.6 Å². The van der Waals surface area contributed by atoms with Gasteiger partial charge in [-0.05, 0) is 18.1 Å². The molecule has 4 rings (SSSR count). The molecule has 0 amide bonds. The molecule has 2 aromatic rings. The quantitative estimate of drug-likeness (QED) is 0.794. The molecule has 2 aliphatic heterocycles. The molecule has 0 spiro atoms. The van der Waals surface area contributed by atoms with Crippen LogP contribution in [0.3, 0.4) is 0 Å². The van der Waals surface area contributed by atoms with Crippen molar-refractivity contribution >= 4 is 23.0 Å². The Morgan fingerprint density at radius 3 is 2.43 bits per heavy atom. The summed E-state index contributed by atoms with van der Waals surface area (Å²) in [5.74, 6) is 1.43. The molecular weight excluding hydrogens is 354 g/mol. The minimum atomic E-state index is -0.419. The summed E-state index contributed by atoms with van der Waals surface area (Å²) in [5, 5.41) is 12.2. The highest BCUT2D eigenvalue weighted by Crippen LogP contribution is 2.38. The molecule has 1 fully saturated rings. The van der Waals surface area contributed by atoms with Crippen molar-refractivity contribution in [3.05, 3.63) is 59.3 Å². The SMILES string of the molecule is CC[C@@H]1C(=O)C(=C2Cc3ccccc3N2)C(=N)N1c1cc(OC)cc(OC)c1. The third-order valence-corrected chi connectivity index (χ3v) is 5.31. The lowest BCUT2D eigenvalue weighted by Gasteiger charge is -2.24. The number of amidine groups is 1. The number of nitrogens with one attached hydrogen (secondary N) is 2. The van der Waals surface area contributed by atoms with Crippen molar-refractivity contribution in [1.29, 1.82) is 5.41 Å². The molecule has 6 heteroatoms. The molecule has 2 N–H and O–H groups in total. The topological polar surface area (TPSA) is 74.7 Å². The third-order valence-electron chi connectivity index (χ3n) is 5.31. The Kier molecular flexibility index (Phi) is 4.55. The van der Waals surface area contributed by atoms with E-state index in [9.17, 15) is 4.79 Å². The number of nitrogens with zero attached hydrogens (tertiary/aromatic N) is 1. The van der Waals surface area contributed by atoms with Crippen LogP contribution in [0.4, 0.5) is 11.4 Å². The van der Waals surface area contributed by atoms with Gasteiger partial charge in [0.05, 0.1) is 31.5 Å². The van der Waals surface area contributed by atoms with Gasteiger partial charge in [-0.3, -0.25) is 10.2 Å². The van der Waals surface area contributed by atoms with E-state index in [-0.39, 0.29) is 11.6 Å². The van der Waals surface area contributed by atoms with Gasteiger partial charge < -0.3 is 19.7 Å². The zero-order valence-corrected chi connectivity index (χ0v) is 16.2. The average Bonchev–Trinajstić information content (AvgIpc) is 3.24. The summed E-state index contributed by atoms with van der Waals surface area (Å²) in [5.41, 5.74) is 4.12. The first-order chi connectivity index (χ1) is 13.6. The first kappa shape index (κ1) is 18.1. The van der Waals surface area contributed by atoms with Crippen molar-refractivity contribution in [2.45, 2.75) is 25.8 Å². The van der Waals surface area contributed by atoms with Crippen LogP contribution in [-0.2, 0) is 11.2 Å². The fraction of sp³-hybridized carbons (Fsp3) is 0.273. The van der Waals surface area contributed by atoms with E-state index < -0.39 is 6.04 Å². The lowest BCUT2D eigenvalue weighted by atomic mass is 10.0. The fourth-order valence-corrected chi connectivity index (χ4v) is 3.92. The Balaban J connectivity index is 1.78. The Bertz CT molecular complexity index is 947. The van der Waals surface area contributed by atoms with E-state index >= 15 is 0 Å². The van der Waals surface area contributed by atoms with Gasteiger partial charge in [0.15, 0.2) is 5.78 Å². The van der Waals surface area contributed by atoms with Crippen molar-refractivity contribution in [2.24, 2.45) is 0 Å². The second-order valence-electron chi connectivity index (χ2n) is 6.89. The number of ether oxygens (including phenoxy) is 2. The van der Waals surface area contributed by atoms with Gasteiger partial charge in [-0.15, -0.1) is 0 Å². The number of para-hydroxylation sites is 1. The molecule has 1 atom stereocenters. The van der Waals surface area contributed by atoms with Gasteiger partial charge >= 0.3 is 0 Å². The van der Waals surface area contributed by atoms with Crippen molar-refractivity contribution in [2.75, 3.05) is 24.4 Å². The second kappa shape index (κ2) is 7.03. The Morgan fingerprint density at radius 1 is 1.14 bits per heavy atom. The van der Waals surface area contributed by atoms with Gasteiger partial charge in [-0.2, -0.15) is 0 Å². The molecule has 1 saturated heterocycles. The minimum Gasteiger partial charge on any atom is -0.497 e. The average molecular weight is 377 g/mol. The molecule has 0 unspecified atom stereocenters. The van der Waals surface area contributed by atoms with Gasteiger partial charge in [-0.1, -0.05) is 25.1 Å². The van der Waals surface area contributed by atoms with Crippen LogP contribution in [0.15, 0.2) is 53.7 Å². The van der Waals surface area contributed by atoms with E-state index in [1.807, 2.05) is 43.3 Å². The number of rotatable bonds is 4. The van der Waals surface area contributed by atoms with Crippen LogP contribution in [0.1, 0.15) is 18.9 Å². The number of anilines is 2. The number of hydrogen-bond donors (Lipinski definition) is 2. The number of Topliss-reactive ketones (excluding diaryl/α,β-unsaturated/α-hetero) is 1. The van der Waals surface area contributed by atoms with Gasteiger partial charge in [0.25, 0.3) is 0 Å². The first-order valence-corrected chi connectivity index (χ1v) is 9.30. The van der Waals surface area contributed by atoms with Crippen molar-refractivity contribution in [3.8, 4) is 11.5 Å². The molecule has 2 aromatic carbocycles. The van der Waals surface area contributed by atoms with E-state index in [1.165, 1.54) is 0 Å². The van der Waals surface area contributed by atoms with Crippen LogP contribution in [0.2, 0.25) is 0 Å². The number of fused-ring (bicyclic) bond motifs is 1. The summed E-state index contributed by atoms with van der Waals surface area (Å²) in [6, 6.07) is 13.0. The maximum Gasteiger partial charge on any atom is 0.191 e. The summed E-state index contributed by atoms with van der Waals surface area (Å²) in [6.45, 7) is 1.96. The molecule has 28 heavy (non-hydrogen) atoms. The smallest absolute Gasteiger partial charge is 0.191 e. The van der Waals surface area contributed by atoms with Crippen LogP contribution >= 0.6 is 0 Å². The molecule has 144 valence electrons. The zero-order valence-electron chi connectivity index (χ0n) is 16.2. The monoisotopic (exact) mass is 377 g/mol. The first-order valence-electron chi connectivity index (χ1n) is 9.30. The van der Waals surface area contributed by atoms with Crippen LogP contribution in [-0.4, -0.2) is 31.9 Å². The molecular formula is C22H23N3O3. The fourth-order valence-electron chi connectivity index (χ4n) is 3.92. The van der Waals surface area contributed by atoms with Crippen molar-refractivity contribution in [1.82, 2.24) is 0 Å². The number of ketones is 1. The van der Waals surface area contributed by atoms with Crippen LogP contribution in [0.25, 0.3) is 0 Å². The minimum absolute atomic E-state index is 0.0235. The van der Waals surface area contributed by atoms with E-state index in [0.717, 1.165) is 16.9 Å². The number of benzene rings is 2. The lowest BCUT2D eigenvalue weighted by Crippen LogP contribution is -2.34. The zero-order chi connectivity index (χ0) is 19.8. The molecule has 0 aliphatic carbocycles. The molecule has 0 radical (unpaired) electrons. The molecule has 0 aromatic heterocycles. The van der Waals surface area contributed by atoms with Gasteiger partial charge in [0, 0.05) is 36.0 Å². The number of hydrogen-bond acceptors (Lipinski definition) is 5.